The van der Waals surface area contributed by atoms with E-state index >= 15 is 0 Å². The third-order valence-corrected chi connectivity index (χ3v) is 8.25. The molecule has 0 aromatic carbocycles. The molecule has 1 aromatic rings. The summed E-state index contributed by atoms with van der Waals surface area (Å²) in [4.78, 5) is 4.36. The van der Waals surface area contributed by atoms with Gasteiger partial charge in [-0.05, 0) is 30.6 Å². The second kappa shape index (κ2) is 5.72. The van der Waals surface area contributed by atoms with Crippen molar-refractivity contribution in [2.45, 2.75) is 44.0 Å². The minimum absolute atomic E-state index is 0.000772. The number of rotatable bonds is 4. The van der Waals surface area contributed by atoms with E-state index < -0.39 is 0 Å². The third kappa shape index (κ3) is 3.59. The van der Waals surface area contributed by atoms with E-state index in [1.54, 1.807) is 0 Å². The second-order valence-corrected chi connectivity index (χ2v) is 9.01. The van der Waals surface area contributed by atoms with Gasteiger partial charge >= 0.3 is 0 Å². The number of aromatic nitrogens is 1. The van der Waals surface area contributed by atoms with Crippen LogP contribution >= 0.6 is 18.5 Å². The number of pyridine rings is 1. The average molecular weight is 227 g/mol. The zero-order chi connectivity index (χ0) is 10.6. The molecule has 0 aliphatic rings. The zero-order valence-electron chi connectivity index (χ0n) is 9.27. The molecule has 0 atom stereocenters. The Labute approximate surface area is 92.2 Å². The van der Waals surface area contributed by atoms with Gasteiger partial charge in [-0.2, -0.15) is 0 Å². The third-order valence-electron chi connectivity index (χ3n) is 1.85. The van der Waals surface area contributed by atoms with E-state index in [9.17, 15) is 0 Å². The van der Waals surface area contributed by atoms with Gasteiger partial charge in [0, 0.05) is 6.20 Å². The van der Waals surface area contributed by atoms with Crippen LogP contribution in [0.25, 0.3) is 0 Å². The molecule has 0 N–H and O–H groups in total. The highest BCUT2D eigenvalue weighted by Crippen LogP contribution is 2.60. The second-order valence-electron chi connectivity index (χ2n) is 3.81. The van der Waals surface area contributed by atoms with Gasteiger partial charge < -0.3 is 0 Å². The summed E-state index contributed by atoms with van der Waals surface area (Å²) in [5.41, 5.74) is 1.52. The first-order valence-electron chi connectivity index (χ1n) is 4.98. The molecule has 0 saturated carbocycles. The monoisotopic (exact) mass is 227 g/mol. The van der Waals surface area contributed by atoms with Gasteiger partial charge in [-0.3, -0.25) is 0 Å². The Kier molecular flexibility index (Phi) is 4.91. The fraction of sp³-hybridized carbons (Fsp3) is 0.545. The molecule has 1 rings (SSSR count). The fourth-order valence-electron chi connectivity index (χ4n) is 1.32. The number of hydrogen-bond acceptors (Lipinski definition) is 2. The largest absolute Gasteiger partial charge is 0.250 e. The molecule has 1 heterocycles. The molecule has 0 radical (unpaired) electrons. The van der Waals surface area contributed by atoms with Crippen molar-refractivity contribution in [2.75, 3.05) is 0 Å². The maximum absolute atomic E-state index is 4.36. The Morgan fingerprint density at radius 1 is 1.14 bits per heavy atom. The van der Waals surface area contributed by atoms with Gasteiger partial charge in [-0.1, -0.05) is 45.1 Å². The van der Waals surface area contributed by atoms with Gasteiger partial charge in [0.05, 0.1) is 0 Å². The van der Waals surface area contributed by atoms with Gasteiger partial charge in [0.2, 0.25) is 0 Å². The lowest BCUT2D eigenvalue weighted by atomic mass is 10.5. The van der Waals surface area contributed by atoms with E-state index in [1.165, 1.54) is 5.03 Å². The summed E-state index contributed by atoms with van der Waals surface area (Å²) in [5, 5.41) is 1.17. The Hall–Kier alpha value is -0.0700. The van der Waals surface area contributed by atoms with Crippen LogP contribution in [0.15, 0.2) is 29.4 Å². The average Bonchev–Trinajstić information content (AvgIpc) is 2.15. The van der Waals surface area contributed by atoms with Gasteiger partial charge in [0.1, 0.15) is 5.03 Å². The van der Waals surface area contributed by atoms with Crippen LogP contribution in [0.5, 0.6) is 0 Å². The van der Waals surface area contributed by atoms with Gasteiger partial charge in [-0.25, -0.2) is 4.98 Å². The molecule has 0 unspecified atom stereocenters. The maximum atomic E-state index is 4.36. The minimum Gasteiger partial charge on any atom is -0.250 e. The predicted octanol–water partition coefficient (Wildman–Crippen LogP) is 4.39. The topological polar surface area (TPSA) is 12.9 Å². The Morgan fingerprint density at radius 2 is 1.79 bits per heavy atom. The number of hydrogen-bond donors (Lipinski definition) is 0. The minimum atomic E-state index is -0.000772. The Balaban J connectivity index is 2.65. The molecule has 0 amide bonds. The summed E-state index contributed by atoms with van der Waals surface area (Å²) < 4.78 is 0. The molecule has 0 spiro atoms. The summed E-state index contributed by atoms with van der Waals surface area (Å²) >= 11 is 1.96. The highest BCUT2D eigenvalue weighted by atomic mass is 32.7. The zero-order valence-corrected chi connectivity index (χ0v) is 11.0. The SMILES string of the molecule is CC(C)P(Sc1ccccn1)C(C)C. The smallest absolute Gasteiger partial charge is 0.100 e. The first kappa shape index (κ1) is 12.0. The van der Waals surface area contributed by atoms with E-state index in [-0.39, 0.29) is 7.12 Å². The standard InChI is InChI=1S/C11H18NPS/c1-9(2)13(10(3)4)14-11-7-5-6-8-12-11/h5-10H,1-4H3. The van der Waals surface area contributed by atoms with Crippen LogP contribution in [0.2, 0.25) is 0 Å². The molecule has 0 aliphatic heterocycles. The summed E-state index contributed by atoms with van der Waals surface area (Å²) in [6.07, 6.45) is 1.87. The van der Waals surface area contributed by atoms with Gasteiger partial charge in [-0.15, -0.1) is 0 Å². The van der Waals surface area contributed by atoms with Crippen LogP contribution in [0.1, 0.15) is 27.7 Å². The van der Waals surface area contributed by atoms with Crippen LogP contribution < -0.4 is 0 Å². The van der Waals surface area contributed by atoms with Crippen LogP contribution in [0.3, 0.4) is 0 Å². The molecule has 0 saturated heterocycles. The van der Waals surface area contributed by atoms with Gasteiger partial charge in [0.25, 0.3) is 0 Å². The molecular formula is C11H18NPS. The molecule has 0 bridgehead atoms. The maximum Gasteiger partial charge on any atom is 0.100 e. The van der Waals surface area contributed by atoms with Crippen molar-refractivity contribution in [1.82, 2.24) is 4.98 Å². The first-order chi connectivity index (χ1) is 6.61. The molecule has 3 heteroatoms. The van der Waals surface area contributed by atoms with Crippen LogP contribution in [0, 0.1) is 0 Å². The quantitative estimate of drug-likeness (QED) is 0.708. The van der Waals surface area contributed by atoms with Crippen molar-refractivity contribution in [3.05, 3.63) is 24.4 Å². The summed E-state index contributed by atoms with van der Waals surface area (Å²) in [7, 11) is -0.000772. The van der Waals surface area contributed by atoms with E-state index in [0.29, 0.717) is 0 Å². The lowest BCUT2D eigenvalue weighted by molar-refractivity contribution is 1.03. The highest BCUT2D eigenvalue weighted by molar-refractivity contribution is 8.56. The van der Waals surface area contributed by atoms with Crippen molar-refractivity contribution in [1.29, 1.82) is 0 Å². The molecular weight excluding hydrogens is 209 g/mol. The molecule has 0 fully saturated rings. The van der Waals surface area contributed by atoms with E-state index in [0.717, 1.165) is 11.3 Å². The Bertz CT molecular complexity index is 253. The lowest BCUT2D eigenvalue weighted by Crippen LogP contribution is -2.00. The van der Waals surface area contributed by atoms with E-state index in [2.05, 4.69) is 44.8 Å². The predicted molar refractivity (Wildman–Crippen MR) is 67.3 cm³/mol. The number of nitrogens with zero attached hydrogens (tertiary/aromatic N) is 1. The van der Waals surface area contributed by atoms with Gasteiger partial charge in [0.15, 0.2) is 0 Å². The highest BCUT2D eigenvalue weighted by Gasteiger charge is 2.18. The van der Waals surface area contributed by atoms with E-state index in [4.69, 9.17) is 0 Å². The van der Waals surface area contributed by atoms with Crippen molar-refractivity contribution in [2.24, 2.45) is 0 Å². The van der Waals surface area contributed by atoms with Crippen LogP contribution in [-0.2, 0) is 0 Å². The lowest BCUT2D eigenvalue weighted by Gasteiger charge is -2.23. The summed E-state index contributed by atoms with van der Waals surface area (Å²) in [6.45, 7) is 9.23. The molecule has 14 heavy (non-hydrogen) atoms. The normalized spacial score (nSPS) is 11.6. The van der Waals surface area contributed by atoms with Crippen molar-refractivity contribution in [3.63, 3.8) is 0 Å². The molecule has 1 nitrogen and oxygen atoms in total. The molecule has 78 valence electrons. The fourth-order valence-corrected chi connectivity index (χ4v) is 5.63. The first-order valence-corrected chi connectivity index (χ1v) is 7.88. The van der Waals surface area contributed by atoms with Crippen LogP contribution in [0.4, 0.5) is 0 Å². The van der Waals surface area contributed by atoms with Crippen LogP contribution in [-0.4, -0.2) is 16.3 Å². The van der Waals surface area contributed by atoms with Crippen molar-refractivity contribution >= 4 is 18.5 Å². The summed E-state index contributed by atoms with van der Waals surface area (Å²) in [5.74, 6) is 0. The van der Waals surface area contributed by atoms with E-state index in [1.807, 2.05) is 23.6 Å². The van der Waals surface area contributed by atoms with Crippen molar-refractivity contribution < 1.29 is 0 Å². The molecule has 1 aromatic heterocycles. The Morgan fingerprint density at radius 3 is 2.21 bits per heavy atom. The molecule has 0 aliphatic carbocycles. The van der Waals surface area contributed by atoms with Crippen molar-refractivity contribution in [3.8, 4) is 0 Å². The summed E-state index contributed by atoms with van der Waals surface area (Å²) in [6, 6.07) is 6.13.